The second-order valence-corrected chi connectivity index (χ2v) is 3.55. The summed E-state index contributed by atoms with van der Waals surface area (Å²) >= 11 is 0. The zero-order chi connectivity index (χ0) is 9.68. The van der Waals surface area contributed by atoms with Crippen LogP contribution >= 0.6 is 0 Å². The minimum Gasteiger partial charge on any atom is -0.374 e. The van der Waals surface area contributed by atoms with E-state index in [9.17, 15) is 0 Å². The highest BCUT2D eigenvalue weighted by atomic mass is 16.5. The maximum atomic E-state index is 5.57. The monoisotopic (exact) mass is 182 g/mol. The van der Waals surface area contributed by atoms with Crippen molar-refractivity contribution in [1.82, 2.24) is 10.2 Å². The highest BCUT2D eigenvalue weighted by Gasteiger charge is 2.17. The van der Waals surface area contributed by atoms with Crippen molar-refractivity contribution in [3.63, 3.8) is 0 Å². The van der Waals surface area contributed by atoms with E-state index in [1.807, 2.05) is 6.92 Å². The van der Waals surface area contributed by atoms with Crippen LogP contribution in [0.4, 0.5) is 0 Å². The highest BCUT2D eigenvalue weighted by Crippen LogP contribution is 2.01. The molecule has 1 fully saturated rings. The molecule has 1 heterocycles. The number of hydrogen-bond donors (Lipinski definition) is 1. The molecular weight excluding hydrogens is 164 g/mol. The van der Waals surface area contributed by atoms with E-state index in [2.05, 4.69) is 23.2 Å². The zero-order valence-electron chi connectivity index (χ0n) is 8.42. The van der Waals surface area contributed by atoms with Gasteiger partial charge in [-0.05, 0) is 14.0 Å². The molecule has 0 aromatic heterocycles. The fourth-order valence-electron chi connectivity index (χ4n) is 1.36. The molecule has 1 N–H and O–H groups in total. The maximum Gasteiger partial charge on any atom is 0.0827 e. The van der Waals surface area contributed by atoms with Crippen LogP contribution in [0.1, 0.15) is 6.92 Å². The third kappa shape index (κ3) is 3.77. The molecule has 3 heteroatoms. The Labute approximate surface area is 80.4 Å². The van der Waals surface area contributed by atoms with Crippen LogP contribution in [0.25, 0.3) is 0 Å². The van der Waals surface area contributed by atoms with E-state index in [-0.39, 0.29) is 12.1 Å². The van der Waals surface area contributed by atoms with Gasteiger partial charge in [-0.15, -0.1) is 6.42 Å². The van der Waals surface area contributed by atoms with E-state index < -0.39 is 0 Å². The standard InChI is InChI=1S/C10H18N2O/c1-4-9(2)11-7-10-8-12(3)5-6-13-10/h1,9-11H,5-8H2,2-3H3. The van der Waals surface area contributed by atoms with Crippen molar-refractivity contribution in [3.8, 4) is 12.3 Å². The normalized spacial score (nSPS) is 26.7. The van der Waals surface area contributed by atoms with Gasteiger partial charge in [0.15, 0.2) is 0 Å². The Morgan fingerprint density at radius 2 is 2.54 bits per heavy atom. The number of nitrogens with zero attached hydrogens (tertiary/aromatic N) is 1. The Kier molecular flexibility index (Phi) is 4.23. The van der Waals surface area contributed by atoms with E-state index >= 15 is 0 Å². The Hall–Kier alpha value is -0.560. The van der Waals surface area contributed by atoms with Crippen molar-refractivity contribution in [2.24, 2.45) is 0 Å². The molecule has 74 valence electrons. The summed E-state index contributed by atoms with van der Waals surface area (Å²) in [5.74, 6) is 2.64. The summed E-state index contributed by atoms with van der Waals surface area (Å²) < 4.78 is 5.57. The van der Waals surface area contributed by atoms with E-state index in [0.29, 0.717) is 0 Å². The van der Waals surface area contributed by atoms with Crippen molar-refractivity contribution in [2.45, 2.75) is 19.1 Å². The zero-order valence-corrected chi connectivity index (χ0v) is 8.42. The minimum atomic E-state index is 0.135. The maximum absolute atomic E-state index is 5.57. The molecule has 1 rings (SSSR count). The van der Waals surface area contributed by atoms with Crippen molar-refractivity contribution in [3.05, 3.63) is 0 Å². The van der Waals surface area contributed by atoms with Crippen LogP contribution in [0.3, 0.4) is 0 Å². The molecule has 0 bridgehead atoms. The lowest BCUT2D eigenvalue weighted by Crippen LogP contribution is -2.46. The van der Waals surface area contributed by atoms with Gasteiger partial charge in [-0.3, -0.25) is 0 Å². The third-order valence-corrected chi connectivity index (χ3v) is 2.24. The van der Waals surface area contributed by atoms with Gasteiger partial charge in [-0.2, -0.15) is 0 Å². The molecule has 0 spiro atoms. The van der Waals surface area contributed by atoms with E-state index in [0.717, 1.165) is 26.2 Å². The van der Waals surface area contributed by atoms with E-state index in [1.54, 1.807) is 0 Å². The minimum absolute atomic E-state index is 0.135. The molecule has 13 heavy (non-hydrogen) atoms. The molecule has 2 atom stereocenters. The fraction of sp³-hybridized carbons (Fsp3) is 0.800. The van der Waals surface area contributed by atoms with Gasteiger partial charge in [0.2, 0.25) is 0 Å². The van der Waals surface area contributed by atoms with Crippen LogP contribution in [-0.2, 0) is 4.74 Å². The molecule has 3 nitrogen and oxygen atoms in total. The third-order valence-electron chi connectivity index (χ3n) is 2.24. The second-order valence-electron chi connectivity index (χ2n) is 3.55. The number of nitrogens with one attached hydrogen (secondary N) is 1. The van der Waals surface area contributed by atoms with Crippen molar-refractivity contribution in [1.29, 1.82) is 0 Å². The summed E-state index contributed by atoms with van der Waals surface area (Å²) in [6, 6.07) is 0.135. The summed E-state index contributed by atoms with van der Waals surface area (Å²) in [6.45, 7) is 5.67. The van der Waals surface area contributed by atoms with Crippen LogP contribution < -0.4 is 5.32 Å². The number of morpholine rings is 1. The quantitative estimate of drug-likeness (QED) is 0.618. The van der Waals surface area contributed by atoms with Gasteiger partial charge in [0, 0.05) is 19.6 Å². The molecule has 1 aliphatic rings. The predicted octanol–water partition coefficient (Wildman–Crippen LogP) is -0.0717. The first-order chi connectivity index (χ1) is 6.22. The van der Waals surface area contributed by atoms with Gasteiger partial charge in [-0.25, -0.2) is 0 Å². The molecule has 0 radical (unpaired) electrons. The Bertz CT molecular complexity index is 188. The Morgan fingerprint density at radius 1 is 1.77 bits per heavy atom. The van der Waals surface area contributed by atoms with Gasteiger partial charge in [0.1, 0.15) is 0 Å². The SMILES string of the molecule is C#CC(C)NCC1CN(C)CCO1. The van der Waals surface area contributed by atoms with E-state index in [1.165, 1.54) is 0 Å². The molecular formula is C10H18N2O. The number of likely N-dealkylation sites (N-methyl/N-ethyl adjacent to an activating group) is 1. The van der Waals surface area contributed by atoms with Gasteiger partial charge in [-0.1, -0.05) is 5.92 Å². The van der Waals surface area contributed by atoms with Crippen molar-refractivity contribution < 1.29 is 4.74 Å². The molecule has 2 unspecified atom stereocenters. The molecule has 0 aromatic rings. The first-order valence-corrected chi connectivity index (χ1v) is 4.72. The van der Waals surface area contributed by atoms with Crippen LogP contribution in [0.15, 0.2) is 0 Å². The van der Waals surface area contributed by atoms with E-state index in [4.69, 9.17) is 11.2 Å². The summed E-state index contributed by atoms with van der Waals surface area (Å²) in [4.78, 5) is 2.27. The lowest BCUT2D eigenvalue weighted by Gasteiger charge is -2.30. The largest absolute Gasteiger partial charge is 0.374 e. The molecule has 0 aliphatic carbocycles. The number of ether oxygens (including phenoxy) is 1. The van der Waals surface area contributed by atoms with Crippen LogP contribution in [0, 0.1) is 12.3 Å². The van der Waals surface area contributed by atoms with Crippen LogP contribution in [0.2, 0.25) is 0 Å². The summed E-state index contributed by atoms with van der Waals surface area (Å²) in [7, 11) is 2.11. The molecule has 0 amide bonds. The molecule has 0 aromatic carbocycles. The first-order valence-electron chi connectivity index (χ1n) is 4.72. The van der Waals surface area contributed by atoms with Crippen molar-refractivity contribution >= 4 is 0 Å². The Morgan fingerprint density at radius 3 is 3.15 bits per heavy atom. The molecule has 1 saturated heterocycles. The van der Waals surface area contributed by atoms with Gasteiger partial charge >= 0.3 is 0 Å². The van der Waals surface area contributed by atoms with Crippen molar-refractivity contribution in [2.75, 3.05) is 33.3 Å². The smallest absolute Gasteiger partial charge is 0.0827 e. The summed E-state index contributed by atoms with van der Waals surface area (Å²) in [6.07, 6.45) is 5.54. The number of rotatable bonds is 3. The second kappa shape index (κ2) is 5.23. The van der Waals surface area contributed by atoms with Gasteiger partial charge in [0.25, 0.3) is 0 Å². The van der Waals surface area contributed by atoms with Gasteiger partial charge < -0.3 is 15.0 Å². The summed E-state index contributed by atoms with van der Waals surface area (Å²) in [5.41, 5.74) is 0. The topological polar surface area (TPSA) is 24.5 Å². The number of hydrogen-bond acceptors (Lipinski definition) is 3. The number of terminal acetylenes is 1. The predicted molar refractivity (Wildman–Crippen MR) is 53.5 cm³/mol. The summed E-state index contributed by atoms with van der Waals surface area (Å²) in [5, 5.41) is 3.23. The van der Waals surface area contributed by atoms with Crippen LogP contribution in [0.5, 0.6) is 0 Å². The first kappa shape index (κ1) is 10.5. The van der Waals surface area contributed by atoms with Crippen LogP contribution in [-0.4, -0.2) is 50.3 Å². The molecule has 0 saturated carbocycles. The molecule has 1 aliphatic heterocycles. The van der Waals surface area contributed by atoms with Gasteiger partial charge in [0.05, 0.1) is 18.8 Å². The Balaban J connectivity index is 2.17. The average molecular weight is 182 g/mol. The average Bonchev–Trinajstić information content (AvgIpc) is 2.14. The highest BCUT2D eigenvalue weighted by molar-refractivity contribution is 4.96. The lowest BCUT2D eigenvalue weighted by atomic mass is 10.2. The fourth-order valence-corrected chi connectivity index (χ4v) is 1.36. The lowest BCUT2D eigenvalue weighted by molar-refractivity contribution is -0.0184.